The van der Waals surface area contributed by atoms with E-state index in [1.807, 2.05) is 6.07 Å². The van der Waals surface area contributed by atoms with Gasteiger partial charge in [-0.3, -0.25) is 0 Å². The highest BCUT2D eigenvalue weighted by Gasteiger charge is 1.75. The second kappa shape index (κ2) is 17.8. The fourth-order valence-corrected chi connectivity index (χ4v) is 2.00. The van der Waals surface area contributed by atoms with E-state index in [0.29, 0.717) is 5.75 Å². The Kier molecular flexibility index (Phi) is 14.5. The van der Waals surface area contributed by atoms with Gasteiger partial charge in [0.05, 0.1) is 0 Å². The van der Waals surface area contributed by atoms with Gasteiger partial charge in [-0.15, -0.1) is 0 Å². The molecule has 27 heavy (non-hydrogen) atoms. The summed E-state index contributed by atoms with van der Waals surface area (Å²) in [5.74, 6) is 0.322. The van der Waals surface area contributed by atoms with Gasteiger partial charge in [0, 0.05) is 0 Å². The van der Waals surface area contributed by atoms with Gasteiger partial charge in [0.25, 0.3) is 0 Å². The maximum absolute atomic E-state index is 8.63. The van der Waals surface area contributed by atoms with Crippen LogP contribution in [0.4, 0.5) is 0 Å². The van der Waals surface area contributed by atoms with Crippen molar-refractivity contribution in [2.24, 2.45) is 0 Å². The predicted octanol–water partition coefficient (Wildman–Crippen LogP) is 7.40. The van der Waals surface area contributed by atoms with Gasteiger partial charge >= 0.3 is 0 Å². The van der Waals surface area contributed by atoms with E-state index in [-0.39, 0.29) is 0 Å². The van der Waals surface area contributed by atoms with Crippen molar-refractivity contribution in [1.82, 2.24) is 0 Å². The molecule has 0 saturated heterocycles. The largest absolute Gasteiger partial charge is 0.508 e. The smallest absolute Gasteiger partial charge is 0.115 e. The molecule has 0 aliphatic heterocycles. The average Bonchev–Trinajstić information content (AvgIpc) is 3.53. The molecule has 0 heterocycles. The van der Waals surface area contributed by atoms with Crippen LogP contribution in [0.3, 0.4) is 0 Å². The second-order valence-electron chi connectivity index (χ2n) is 5.70. The molecule has 140 valence electrons. The average molecular weight is 359 g/mol. The van der Waals surface area contributed by atoms with Crippen LogP contribution >= 0.6 is 0 Å². The van der Waals surface area contributed by atoms with Crippen LogP contribution in [0.2, 0.25) is 0 Å². The monoisotopic (exact) mass is 358 g/mol. The van der Waals surface area contributed by atoms with E-state index in [0.717, 1.165) is 25.7 Å². The second-order valence-corrected chi connectivity index (χ2v) is 5.70. The molecule has 0 fully saturated rings. The molecule has 5 rings (SSSR count). The van der Waals surface area contributed by atoms with Gasteiger partial charge in [0.15, 0.2) is 0 Å². The lowest BCUT2D eigenvalue weighted by molar-refractivity contribution is 0.475. The fraction of sp³-hybridized carbons (Fsp3) is 0.154. The Morgan fingerprint density at radius 2 is 0.667 bits per heavy atom. The van der Waals surface area contributed by atoms with Crippen LogP contribution < -0.4 is 0 Å². The van der Waals surface area contributed by atoms with E-state index in [4.69, 9.17) is 5.11 Å². The van der Waals surface area contributed by atoms with Crippen molar-refractivity contribution in [1.29, 1.82) is 0 Å². The van der Waals surface area contributed by atoms with Crippen molar-refractivity contribution >= 4 is 0 Å². The third-order valence-corrected chi connectivity index (χ3v) is 3.38. The summed E-state index contributed by atoms with van der Waals surface area (Å²) >= 11 is 0. The van der Waals surface area contributed by atoms with Gasteiger partial charge in [-0.05, 0) is 37.8 Å². The Labute approximate surface area is 164 Å². The third kappa shape index (κ3) is 16.2. The van der Waals surface area contributed by atoms with Gasteiger partial charge in [-0.2, -0.15) is 0 Å². The minimum absolute atomic E-state index is 0.322. The molecule has 1 aromatic rings. The summed E-state index contributed by atoms with van der Waals surface area (Å²) < 4.78 is 0. The Morgan fingerprint density at radius 1 is 0.407 bits per heavy atom. The Balaban J connectivity index is 0.000000170. The molecule has 0 amide bonds. The molecule has 0 aromatic heterocycles. The molecule has 0 atom stereocenters. The molecule has 4 aliphatic carbocycles. The first kappa shape index (κ1) is 22.0. The first-order valence-corrected chi connectivity index (χ1v) is 9.40. The van der Waals surface area contributed by atoms with E-state index in [1.165, 1.54) is 0 Å². The molecule has 0 unspecified atom stereocenters. The van der Waals surface area contributed by atoms with Crippen LogP contribution in [0.5, 0.6) is 5.75 Å². The number of phenolic OH excluding ortho intramolecular Hbond substituents is 1. The zero-order chi connectivity index (χ0) is 19.3. The lowest BCUT2D eigenvalue weighted by Gasteiger charge is -1.82. The highest BCUT2D eigenvalue weighted by molar-refractivity contribution is 5.18. The molecule has 1 aromatic carbocycles. The predicted molar refractivity (Wildman–Crippen MR) is 120 cm³/mol. The third-order valence-electron chi connectivity index (χ3n) is 3.38. The maximum atomic E-state index is 8.63. The van der Waals surface area contributed by atoms with Crippen molar-refractivity contribution in [2.75, 3.05) is 0 Å². The van der Waals surface area contributed by atoms with Crippen molar-refractivity contribution in [3.8, 4) is 5.75 Å². The first-order chi connectivity index (χ1) is 13.4. The summed E-state index contributed by atoms with van der Waals surface area (Å²) in [6, 6.07) is 8.71. The number of benzene rings is 1. The minimum Gasteiger partial charge on any atom is -0.508 e. The molecule has 0 radical (unpaired) electrons. The minimum atomic E-state index is 0.322. The first-order valence-electron chi connectivity index (χ1n) is 9.40. The lowest BCUT2D eigenvalue weighted by Crippen LogP contribution is -1.56. The molecule has 1 nitrogen and oxygen atoms in total. The molecule has 1 N–H and O–H groups in total. The summed E-state index contributed by atoms with van der Waals surface area (Å²) in [6.07, 6.45) is 38.0. The van der Waals surface area contributed by atoms with Gasteiger partial charge in [0.2, 0.25) is 0 Å². The van der Waals surface area contributed by atoms with Crippen LogP contribution in [0.15, 0.2) is 128 Å². The van der Waals surface area contributed by atoms with Crippen LogP contribution in [0.1, 0.15) is 25.7 Å². The van der Waals surface area contributed by atoms with Gasteiger partial charge in [-0.25, -0.2) is 0 Å². The highest BCUT2D eigenvalue weighted by atomic mass is 16.3. The molecule has 0 spiro atoms. The Morgan fingerprint density at radius 3 is 0.778 bits per heavy atom. The molecular weight excluding hydrogens is 328 g/mol. The number of para-hydroxylation sites is 1. The van der Waals surface area contributed by atoms with E-state index in [2.05, 4.69) is 97.2 Å². The van der Waals surface area contributed by atoms with Gasteiger partial charge in [-0.1, -0.05) is 115 Å². The normalized spacial score (nSPS) is 15.3. The van der Waals surface area contributed by atoms with E-state index >= 15 is 0 Å². The lowest BCUT2D eigenvalue weighted by atomic mass is 10.3. The summed E-state index contributed by atoms with van der Waals surface area (Å²) in [5.41, 5.74) is 0. The molecule has 0 saturated carbocycles. The number of phenols is 1. The zero-order valence-corrected chi connectivity index (χ0v) is 15.9. The highest BCUT2D eigenvalue weighted by Crippen LogP contribution is 2.02. The molecular formula is C26H30O. The maximum Gasteiger partial charge on any atom is 0.115 e. The number of hydrogen-bond donors (Lipinski definition) is 1. The van der Waals surface area contributed by atoms with E-state index < -0.39 is 0 Å². The van der Waals surface area contributed by atoms with Crippen molar-refractivity contribution in [2.45, 2.75) is 25.7 Å². The number of rotatable bonds is 0. The van der Waals surface area contributed by atoms with Gasteiger partial charge in [0.1, 0.15) is 5.75 Å². The summed E-state index contributed by atoms with van der Waals surface area (Å²) in [5, 5.41) is 8.63. The number of aromatic hydroxyl groups is 1. The van der Waals surface area contributed by atoms with E-state index in [1.54, 1.807) is 24.3 Å². The summed E-state index contributed by atoms with van der Waals surface area (Å²) in [4.78, 5) is 0. The SMILES string of the molecule is C1=CCC=C1.C1=CCC=C1.C1=CCC=C1.C1=CCC=C1.Oc1ccccc1. The summed E-state index contributed by atoms with van der Waals surface area (Å²) in [7, 11) is 0. The summed E-state index contributed by atoms with van der Waals surface area (Å²) in [6.45, 7) is 0. The standard InChI is InChI=1S/C6H6O.4C5H6/c7-6-4-2-1-3-5-6;4*1-2-4-5-3-1/h1-5,7H;4*1-4H,5H2. The van der Waals surface area contributed by atoms with Gasteiger partial charge < -0.3 is 5.11 Å². The van der Waals surface area contributed by atoms with Crippen LogP contribution in [-0.4, -0.2) is 5.11 Å². The van der Waals surface area contributed by atoms with Crippen molar-refractivity contribution in [3.05, 3.63) is 128 Å². The fourth-order valence-electron chi connectivity index (χ4n) is 2.00. The zero-order valence-electron chi connectivity index (χ0n) is 15.9. The van der Waals surface area contributed by atoms with Crippen molar-refractivity contribution in [3.63, 3.8) is 0 Å². The van der Waals surface area contributed by atoms with E-state index in [9.17, 15) is 0 Å². The van der Waals surface area contributed by atoms with Crippen LogP contribution in [0.25, 0.3) is 0 Å². The number of hydrogen-bond acceptors (Lipinski definition) is 1. The number of allylic oxidation sites excluding steroid dienone is 16. The molecule has 0 bridgehead atoms. The van der Waals surface area contributed by atoms with Crippen LogP contribution in [0, 0.1) is 0 Å². The van der Waals surface area contributed by atoms with Crippen molar-refractivity contribution < 1.29 is 5.11 Å². The molecule has 1 heteroatoms. The Bertz CT molecular complexity index is 567. The topological polar surface area (TPSA) is 20.2 Å². The Hall–Kier alpha value is -3.06. The molecule has 4 aliphatic rings. The quantitative estimate of drug-likeness (QED) is 0.512. The van der Waals surface area contributed by atoms with Crippen LogP contribution in [-0.2, 0) is 0 Å².